The van der Waals surface area contributed by atoms with Crippen LogP contribution in [0.1, 0.15) is 36.4 Å². The molecule has 2 atom stereocenters. The summed E-state index contributed by atoms with van der Waals surface area (Å²) in [5.41, 5.74) is 3.15. The van der Waals surface area contributed by atoms with Crippen molar-refractivity contribution >= 4 is 27.3 Å². The molecule has 0 saturated carbocycles. The number of hydrogen-bond donors (Lipinski definition) is 1. The summed E-state index contributed by atoms with van der Waals surface area (Å²) in [5.74, 6) is 0. The van der Waals surface area contributed by atoms with E-state index in [1.54, 1.807) is 11.3 Å². The molecule has 0 aliphatic carbocycles. The minimum Gasteiger partial charge on any atom is -0.303 e. The van der Waals surface area contributed by atoms with E-state index in [9.17, 15) is 0 Å². The van der Waals surface area contributed by atoms with Crippen LogP contribution in [0.15, 0.2) is 40.4 Å². The van der Waals surface area contributed by atoms with Crippen LogP contribution in [0.5, 0.6) is 0 Å². The van der Waals surface area contributed by atoms with Gasteiger partial charge in [-0.25, -0.2) is 0 Å². The maximum absolute atomic E-state index is 4.11. The van der Waals surface area contributed by atoms with Gasteiger partial charge in [0.25, 0.3) is 0 Å². The Hall–Kier alpha value is -0.710. The Balaban J connectivity index is 2.07. The fourth-order valence-electron chi connectivity index (χ4n) is 1.81. The normalized spacial score (nSPS) is 14.5. The predicted molar refractivity (Wildman–Crippen MR) is 76.2 cm³/mol. The van der Waals surface area contributed by atoms with E-state index in [0.717, 1.165) is 4.47 Å². The molecule has 0 amide bonds. The van der Waals surface area contributed by atoms with Gasteiger partial charge >= 0.3 is 0 Å². The van der Waals surface area contributed by atoms with Crippen LogP contribution >= 0.6 is 27.3 Å². The van der Waals surface area contributed by atoms with E-state index in [0.29, 0.717) is 12.1 Å². The lowest BCUT2D eigenvalue weighted by Crippen LogP contribution is -2.22. The zero-order valence-corrected chi connectivity index (χ0v) is 12.3. The fourth-order valence-corrected chi connectivity index (χ4v) is 3.08. The standard InChI is InChI=1S/C13H15BrN2S/c1-9(11-5-3-4-6-12(11)14)16-10(2)13-7-15-8-17-13/h3-10,16H,1-2H3. The van der Waals surface area contributed by atoms with Crippen molar-refractivity contribution in [3.63, 3.8) is 0 Å². The second-order valence-corrected chi connectivity index (χ2v) is 5.81. The zero-order valence-electron chi connectivity index (χ0n) is 9.85. The van der Waals surface area contributed by atoms with E-state index in [1.807, 2.05) is 17.8 Å². The summed E-state index contributed by atoms with van der Waals surface area (Å²) in [6, 6.07) is 8.95. The van der Waals surface area contributed by atoms with Crippen molar-refractivity contribution in [2.75, 3.05) is 0 Å². The van der Waals surface area contributed by atoms with Crippen molar-refractivity contribution in [1.82, 2.24) is 10.3 Å². The quantitative estimate of drug-likeness (QED) is 0.909. The Kier molecular flexibility index (Phi) is 4.31. The van der Waals surface area contributed by atoms with Crippen LogP contribution < -0.4 is 5.32 Å². The maximum Gasteiger partial charge on any atom is 0.0794 e. The van der Waals surface area contributed by atoms with Crippen molar-refractivity contribution in [1.29, 1.82) is 0 Å². The van der Waals surface area contributed by atoms with Gasteiger partial charge in [-0.15, -0.1) is 11.3 Å². The number of aromatic nitrogens is 1. The van der Waals surface area contributed by atoms with Crippen LogP contribution in [-0.4, -0.2) is 4.98 Å². The molecule has 2 rings (SSSR count). The van der Waals surface area contributed by atoms with E-state index in [1.165, 1.54) is 10.4 Å². The lowest BCUT2D eigenvalue weighted by Gasteiger charge is -2.20. The lowest BCUT2D eigenvalue weighted by atomic mass is 10.1. The van der Waals surface area contributed by atoms with E-state index in [-0.39, 0.29) is 0 Å². The van der Waals surface area contributed by atoms with E-state index in [4.69, 9.17) is 0 Å². The second-order valence-electron chi connectivity index (χ2n) is 4.04. The van der Waals surface area contributed by atoms with Crippen LogP contribution in [0, 0.1) is 0 Å². The Morgan fingerprint density at radius 2 is 2.00 bits per heavy atom. The summed E-state index contributed by atoms with van der Waals surface area (Å²) >= 11 is 5.27. The van der Waals surface area contributed by atoms with Crippen LogP contribution in [0.25, 0.3) is 0 Å². The third-order valence-corrected chi connectivity index (χ3v) is 4.43. The topological polar surface area (TPSA) is 24.9 Å². The van der Waals surface area contributed by atoms with E-state index in [2.05, 4.69) is 58.3 Å². The number of nitrogens with zero attached hydrogens (tertiary/aromatic N) is 1. The molecule has 2 aromatic rings. The van der Waals surface area contributed by atoms with Gasteiger partial charge in [0, 0.05) is 27.6 Å². The summed E-state index contributed by atoms with van der Waals surface area (Å²) in [5, 5.41) is 3.58. The predicted octanol–water partition coefficient (Wildman–Crippen LogP) is 4.32. The van der Waals surface area contributed by atoms with Gasteiger partial charge in [-0.1, -0.05) is 34.1 Å². The molecule has 2 unspecified atom stereocenters. The van der Waals surface area contributed by atoms with Crippen molar-refractivity contribution in [3.8, 4) is 0 Å². The third-order valence-electron chi connectivity index (χ3n) is 2.75. The zero-order chi connectivity index (χ0) is 12.3. The van der Waals surface area contributed by atoms with Gasteiger partial charge in [-0.05, 0) is 25.5 Å². The first-order valence-electron chi connectivity index (χ1n) is 5.57. The molecule has 2 nitrogen and oxygen atoms in total. The smallest absolute Gasteiger partial charge is 0.0794 e. The first-order chi connectivity index (χ1) is 8.18. The van der Waals surface area contributed by atoms with Crippen molar-refractivity contribution in [3.05, 3.63) is 50.9 Å². The molecule has 1 aromatic carbocycles. The van der Waals surface area contributed by atoms with Crippen LogP contribution in [0.4, 0.5) is 0 Å². The number of benzene rings is 1. The third kappa shape index (κ3) is 3.15. The van der Waals surface area contributed by atoms with Crippen LogP contribution in [0.2, 0.25) is 0 Å². The molecule has 1 N–H and O–H groups in total. The average Bonchev–Trinajstić information content (AvgIpc) is 2.82. The highest BCUT2D eigenvalue weighted by molar-refractivity contribution is 9.10. The molecule has 1 heterocycles. The van der Waals surface area contributed by atoms with Crippen LogP contribution in [-0.2, 0) is 0 Å². The molecule has 4 heteroatoms. The Morgan fingerprint density at radius 3 is 2.65 bits per heavy atom. The van der Waals surface area contributed by atoms with Gasteiger partial charge in [-0.3, -0.25) is 4.98 Å². The highest BCUT2D eigenvalue weighted by atomic mass is 79.9. The number of halogens is 1. The molecule has 90 valence electrons. The van der Waals surface area contributed by atoms with Gasteiger partial charge in [0.15, 0.2) is 0 Å². The van der Waals surface area contributed by atoms with E-state index < -0.39 is 0 Å². The summed E-state index contributed by atoms with van der Waals surface area (Å²) in [4.78, 5) is 5.38. The Bertz CT molecular complexity index is 470. The molecule has 0 bridgehead atoms. The van der Waals surface area contributed by atoms with Gasteiger partial charge in [0.05, 0.1) is 5.51 Å². The summed E-state index contributed by atoms with van der Waals surface area (Å²) in [6.45, 7) is 4.35. The largest absolute Gasteiger partial charge is 0.303 e. The highest BCUT2D eigenvalue weighted by Gasteiger charge is 2.13. The first kappa shape index (κ1) is 12.7. The maximum atomic E-state index is 4.11. The SMILES string of the molecule is CC(NC(C)c1ccccc1Br)c1cncs1. The second kappa shape index (κ2) is 5.76. The van der Waals surface area contributed by atoms with Gasteiger partial charge in [-0.2, -0.15) is 0 Å². The highest BCUT2D eigenvalue weighted by Crippen LogP contribution is 2.26. The Labute approximate surface area is 114 Å². The number of nitrogens with one attached hydrogen (secondary N) is 1. The van der Waals surface area contributed by atoms with Crippen molar-refractivity contribution < 1.29 is 0 Å². The minimum atomic E-state index is 0.308. The minimum absolute atomic E-state index is 0.308. The first-order valence-corrected chi connectivity index (χ1v) is 7.24. The monoisotopic (exact) mass is 310 g/mol. The molecule has 0 radical (unpaired) electrons. The summed E-state index contributed by atoms with van der Waals surface area (Å²) in [6.07, 6.45) is 1.93. The molecule has 17 heavy (non-hydrogen) atoms. The molecule has 0 spiro atoms. The molecule has 0 saturated heterocycles. The average molecular weight is 311 g/mol. The van der Waals surface area contributed by atoms with Crippen molar-refractivity contribution in [2.45, 2.75) is 25.9 Å². The molecule has 0 aliphatic rings. The van der Waals surface area contributed by atoms with Gasteiger partial charge in [0.2, 0.25) is 0 Å². The number of thiazole rings is 1. The van der Waals surface area contributed by atoms with Crippen LogP contribution in [0.3, 0.4) is 0 Å². The summed E-state index contributed by atoms with van der Waals surface area (Å²) in [7, 11) is 0. The molecule has 0 fully saturated rings. The molecular weight excluding hydrogens is 296 g/mol. The fraction of sp³-hybridized carbons (Fsp3) is 0.308. The molecule has 1 aromatic heterocycles. The van der Waals surface area contributed by atoms with Crippen molar-refractivity contribution in [2.24, 2.45) is 0 Å². The summed E-state index contributed by atoms with van der Waals surface area (Å²) < 4.78 is 1.15. The number of rotatable bonds is 4. The molecular formula is C13H15BrN2S. The number of hydrogen-bond acceptors (Lipinski definition) is 3. The van der Waals surface area contributed by atoms with E-state index >= 15 is 0 Å². The molecule has 0 aliphatic heterocycles. The van der Waals surface area contributed by atoms with Gasteiger partial charge < -0.3 is 5.32 Å². The lowest BCUT2D eigenvalue weighted by molar-refractivity contribution is 0.498. The van der Waals surface area contributed by atoms with Gasteiger partial charge in [0.1, 0.15) is 0 Å². The Morgan fingerprint density at radius 1 is 1.24 bits per heavy atom.